The van der Waals surface area contributed by atoms with Crippen molar-refractivity contribution in [2.75, 3.05) is 24.6 Å². The number of nitrogens with two attached hydrogens (primary N) is 1. The van der Waals surface area contributed by atoms with E-state index in [1.807, 2.05) is 11.8 Å². The summed E-state index contributed by atoms with van der Waals surface area (Å²) in [5.74, 6) is -0.526. The van der Waals surface area contributed by atoms with E-state index < -0.39 is 0 Å². The maximum absolute atomic E-state index is 14.5. The highest BCUT2D eigenvalue weighted by atomic mass is 79.9. The Labute approximate surface area is 126 Å². The fraction of sp³-hybridized carbons (Fsp3) is 0.500. The lowest BCUT2D eigenvalue weighted by atomic mass is 10.1. The third-order valence-electron chi connectivity index (χ3n) is 3.52. The van der Waals surface area contributed by atoms with Gasteiger partial charge in [-0.15, -0.1) is 0 Å². The molecule has 6 heteroatoms. The second kappa shape index (κ2) is 6.54. The van der Waals surface area contributed by atoms with Gasteiger partial charge in [-0.3, -0.25) is 5.41 Å². The zero-order chi connectivity index (χ0) is 14.7. The van der Waals surface area contributed by atoms with E-state index in [9.17, 15) is 4.39 Å². The fourth-order valence-electron chi connectivity index (χ4n) is 2.42. The molecule has 0 spiro atoms. The first-order chi connectivity index (χ1) is 9.54. The Kier molecular flexibility index (Phi) is 4.99. The van der Waals surface area contributed by atoms with Crippen LogP contribution in [-0.2, 0) is 4.74 Å². The van der Waals surface area contributed by atoms with Crippen LogP contribution in [0.2, 0.25) is 0 Å². The summed E-state index contributed by atoms with van der Waals surface area (Å²) >= 11 is 3.19. The van der Waals surface area contributed by atoms with Gasteiger partial charge in [0.05, 0.1) is 16.3 Å². The average molecular weight is 344 g/mol. The van der Waals surface area contributed by atoms with Crippen LogP contribution < -0.4 is 10.6 Å². The molecule has 1 aromatic rings. The molecule has 20 heavy (non-hydrogen) atoms. The molecule has 1 saturated heterocycles. The second-order valence-corrected chi connectivity index (χ2v) is 5.64. The number of nitrogen functional groups attached to an aromatic ring is 1. The molecule has 0 bridgehead atoms. The van der Waals surface area contributed by atoms with E-state index in [0.29, 0.717) is 24.3 Å². The van der Waals surface area contributed by atoms with Crippen LogP contribution in [0.4, 0.5) is 10.1 Å². The van der Waals surface area contributed by atoms with Crippen molar-refractivity contribution >= 4 is 27.5 Å². The van der Waals surface area contributed by atoms with Gasteiger partial charge in [0.25, 0.3) is 0 Å². The van der Waals surface area contributed by atoms with E-state index in [1.165, 1.54) is 0 Å². The molecule has 1 fully saturated rings. The number of benzene rings is 1. The van der Waals surface area contributed by atoms with Gasteiger partial charge in [0.15, 0.2) is 5.82 Å². The minimum atomic E-state index is -0.377. The fourth-order valence-corrected chi connectivity index (χ4v) is 2.97. The number of amidine groups is 1. The molecule has 1 aliphatic rings. The standard InChI is InChI=1S/C14H19BrFN3O/c1-2-19(8-9-4-3-7-20-9)11-6-5-10(14(17)18)12(15)13(11)16/h5-6,9H,2-4,7-8H2,1H3,(H3,17,18). The monoisotopic (exact) mass is 343 g/mol. The molecule has 1 atom stereocenters. The molecule has 1 aromatic carbocycles. The van der Waals surface area contributed by atoms with Crippen molar-refractivity contribution in [1.29, 1.82) is 5.41 Å². The predicted octanol–water partition coefficient (Wildman–Crippen LogP) is 2.88. The number of nitrogens with one attached hydrogen (secondary N) is 1. The van der Waals surface area contributed by atoms with Crippen LogP contribution in [-0.4, -0.2) is 31.6 Å². The van der Waals surface area contributed by atoms with E-state index in [1.54, 1.807) is 12.1 Å². The number of anilines is 1. The van der Waals surface area contributed by atoms with Crippen LogP contribution in [0.5, 0.6) is 0 Å². The first kappa shape index (κ1) is 15.3. The minimum Gasteiger partial charge on any atom is -0.384 e. The number of likely N-dealkylation sites (N-methyl/N-ethyl adjacent to an activating group) is 1. The van der Waals surface area contributed by atoms with Crippen molar-refractivity contribution in [2.24, 2.45) is 5.73 Å². The van der Waals surface area contributed by atoms with E-state index in [-0.39, 0.29) is 22.2 Å². The highest BCUT2D eigenvalue weighted by Gasteiger charge is 2.22. The van der Waals surface area contributed by atoms with Gasteiger partial charge in [-0.25, -0.2) is 4.39 Å². The Bertz CT molecular complexity index is 503. The summed E-state index contributed by atoms with van der Waals surface area (Å²) in [6.45, 7) is 4.15. The first-order valence-corrected chi connectivity index (χ1v) is 7.52. The molecule has 4 nitrogen and oxygen atoms in total. The Morgan fingerprint density at radius 1 is 1.60 bits per heavy atom. The van der Waals surface area contributed by atoms with Gasteiger partial charge >= 0.3 is 0 Å². The summed E-state index contributed by atoms with van der Waals surface area (Å²) < 4.78 is 20.3. The van der Waals surface area contributed by atoms with Crippen LogP contribution in [0, 0.1) is 11.2 Å². The van der Waals surface area contributed by atoms with E-state index >= 15 is 0 Å². The Morgan fingerprint density at radius 2 is 2.35 bits per heavy atom. The molecular formula is C14H19BrFN3O. The summed E-state index contributed by atoms with van der Waals surface area (Å²) in [5.41, 5.74) is 6.32. The summed E-state index contributed by atoms with van der Waals surface area (Å²) in [5, 5.41) is 7.42. The average Bonchev–Trinajstić information content (AvgIpc) is 2.92. The highest BCUT2D eigenvalue weighted by Crippen LogP contribution is 2.30. The quantitative estimate of drug-likeness (QED) is 0.638. The Hall–Kier alpha value is -1.14. The summed E-state index contributed by atoms with van der Waals surface area (Å²) in [6.07, 6.45) is 2.25. The van der Waals surface area contributed by atoms with Crippen LogP contribution >= 0.6 is 15.9 Å². The van der Waals surface area contributed by atoms with Gasteiger partial charge in [0.2, 0.25) is 0 Å². The van der Waals surface area contributed by atoms with Crippen molar-refractivity contribution < 1.29 is 9.13 Å². The maximum Gasteiger partial charge on any atom is 0.161 e. The molecule has 0 saturated carbocycles. The van der Waals surface area contributed by atoms with Gasteiger partial charge in [-0.2, -0.15) is 0 Å². The van der Waals surface area contributed by atoms with E-state index in [4.69, 9.17) is 15.9 Å². The molecule has 3 N–H and O–H groups in total. The largest absolute Gasteiger partial charge is 0.384 e. The molecule has 1 aliphatic heterocycles. The third kappa shape index (κ3) is 3.12. The lowest BCUT2D eigenvalue weighted by Crippen LogP contribution is -2.32. The zero-order valence-corrected chi connectivity index (χ0v) is 13.0. The van der Waals surface area contributed by atoms with Crippen LogP contribution in [0.25, 0.3) is 0 Å². The number of hydrogen-bond acceptors (Lipinski definition) is 3. The molecule has 0 radical (unpaired) electrons. The highest BCUT2D eigenvalue weighted by molar-refractivity contribution is 9.10. The van der Waals surface area contributed by atoms with E-state index in [2.05, 4.69) is 15.9 Å². The van der Waals surface area contributed by atoms with Gasteiger partial charge in [-0.1, -0.05) is 0 Å². The van der Waals surface area contributed by atoms with Crippen molar-refractivity contribution in [3.8, 4) is 0 Å². The smallest absolute Gasteiger partial charge is 0.161 e. The van der Waals surface area contributed by atoms with Crippen molar-refractivity contribution in [3.05, 3.63) is 28.0 Å². The molecule has 0 aliphatic carbocycles. The number of ether oxygens (including phenoxy) is 1. The van der Waals surface area contributed by atoms with Crippen molar-refractivity contribution in [2.45, 2.75) is 25.9 Å². The number of halogens is 2. The molecule has 0 aromatic heterocycles. The van der Waals surface area contributed by atoms with Gasteiger partial charge < -0.3 is 15.4 Å². The second-order valence-electron chi connectivity index (χ2n) is 4.85. The molecule has 110 valence electrons. The zero-order valence-electron chi connectivity index (χ0n) is 11.5. The molecule has 2 rings (SSSR count). The first-order valence-electron chi connectivity index (χ1n) is 6.73. The lowest BCUT2D eigenvalue weighted by Gasteiger charge is -2.27. The molecule has 1 unspecified atom stereocenters. The Morgan fingerprint density at radius 3 is 2.90 bits per heavy atom. The maximum atomic E-state index is 14.5. The van der Waals surface area contributed by atoms with Crippen LogP contribution in [0.3, 0.4) is 0 Å². The van der Waals surface area contributed by atoms with Crippen LogP contribution in [0.15, 0.2) is 16.6 Å². The summed E-state index contributed by atoms with van der Waals surface area (Å²) in [7, 11) is 0. The molecule has 1 heterocycles. The number of nitrogens with zero attached hydrogens (tertiary/aromatic N) is 1. The normalized spacial score (nSPS) is 18.2. The Balaban J connectivity index is 2.25. The van der Waals surface area contributed by atoms with Gasteiger partial charge in [0, 0.05) is 25.3 Å². The SMILES string of the molecule is CCN(CC1CCCO1)c1ccc(C(=N)N)c(Br)c1F. The van der Waals surface area contributed by atoms with Gasteiger partial charge in [-0.05, 0) is 47.8 Å². The van der Waals surface area contributed by atoms with E-state index in [0.717, 1.165) is 19.4 Å². The van der Waals surface area contributed by atoms with Crippen LogP contribution in [0.1, 0.15) is 25.3 Å². The van der Waals surface area contributed by atoms with Gasteiger partial charge in [0.1, 0.15) is 5.84 Å². The van der Waals surface area contributed by atoms with Crippen molar-refractivity contribution in [3.63, 3.8) is 0 Å². The summed E-state index contributed by atoms with van der Waals surface area (Å²) in [6, 6.07) is 3.35. The third-order valence-corrected chi connectivity index (χ3v) is 4.30. The minimum absolute atomic E-state index is 0.149. The topological polar surface area (TPSA) is 62.3 Å². The number of hydrogen-bond donors (Lipinski definition) is 2. The summed E-state index contributed by atoms with van der Waals surface area (Å²) in [4.78, 5) is 1.96. The molecular weight excluding hydrogens is 325 g/mol. The predicted molar refractivity (Wildman–Crippen MR) is 82.0 cm³/mol. The van der Waals surface area contributed by atoms with Crippen molar-refractivity contribution in [1.82, 2.24) is 0 Å². The molecule has 0 amide bonds. The lowest BCUT2D eigenvalue weighted by molar-refractivity contribution is 0.115. The number of rotatable bonds is 5.